The van der Waals surface area contributed by atoms with Crippen LogP contribution in [0.3, 0.4) is 0 Å². The molecule has 3 N–H and O–H groups in total. The number of nitrogens with two attached hydrogens (primary N) is 1. The minimum Gasteiger partial charge on any atom is -0.493 e. The van der Waals surface area contributed by atoms with E-state index in [1.54, 1.807) is 18.3 Å². The first-order valence-electron chi connectivity index (χ1n) is 9.52. The third-order valence-electron chi connectivity index (χ3n) is 5.10. The van der Waals surface area contributed by atoms with Gasteiger partial charge in [-0.1, -0.05) is 30.3 Å². The van der Waals surface area contributed by atoms with Crippen LogP contribution in [0.15, 0.2) is 66.9 Å². The molecule has 7 heteroatoms. The van der Waals surface area contributed by atoms with Crippen molar-refractivity contribution in [3.05, 3.63) is 78.0 Å². The Labute approximate surface area is 177 Å². The number of H-pyrrole nitrogens is 1. The van der Waals surface area contributed by atoms with Gasteiger partial charge in [0.1, 0.15) is 11.6 Å². The molecule has 30 heavy (non-hydrogen) atoms. The summed E-state index contributed by atoms with van der Waals surface area (Å²) in [5, 5.41) is 5.20. The van der Waals surface area contributed by atoms with Crippen molar-refractivity contribution in [2.75, 3.05) is 6.61 Å². The molecule has 0 radical (unpaired) electrons. The number of pyridine rings is 1. The van der Waals surface area contributed by atoms with Crippen molar-refractivity contribution >= 4 is 17.1 Å². The number of imidazole rings is 1. The van der Waals surface area contributed by atoms with Gasteiger partial charge in [0.15, 0.2) is 0 Å². The third kappa shape index (κ3) is 3.38. The second kappa shape index (κ2) is 7.78. The molecule has 2 aromatic carbocycles. The number of aromatic nitrogens is 3. The molecule has 0 amide bonds. The molecule has 0 atom stereocenters. The van der Waals surface area contributed by atoms with E-state index >= 15 is 0 Å². The molecule has 0 saturated heterocycles. The predicted octanol–water partition coefficient (Wildman–Crippen LogP) is 4.49. The number of nitrogens with one attached hydrogen (secondary N) is 1. The van der Waals surface area contributed by atoms with Crippen LogP contribution in [0, 0.1) is 0 Å². The van der Waals surface area contributed by atoms with Crippen LogP contribution in [-0.4, -0.2) is 26.7 Å². The van der Waals surface area contributed by atoms with Crippen molar-refractivity contribution in [3.63, 3.8) is 0 Å². The van der Waals surface area contributed by atoms with Gasteiger partial charge in [0, 0.05) is 29.3 Å². The highest BCUT2D eigenvalue weighted by Crippen LogP contribution is 2.36. The van der Waals surface area contributed by atoms with E-state index in [2.05, 4.69) is 22.1 Å². The highest BCUT2D eigenvalue weighted by molar-refractivity contribution is 8.12. The summed E-state index contributed by atoms with van der Waals surface area (Å²) < 4.78 is 5.75. The molecule has 6 nitrogen and oxygen atoms in total. The molecule has 0 fully saturated rings. The minimum absolute atomic E-state index is 0.172. The first-order valence-corrected chi connectivity index (χ1v) is 10.4. The summed E-state index contributed by atoms with van der Waals surface area (Å²) in [7, 11) is 0. The molecular formula is C23H18N4O2S. The van der Waals surface area contributed by atoms with Crippen LogP contribution in [-0.2, 0) is 6.42 Å². The van der Waals surface area contributed by atoms with Crippen LogP contribution >= 0.6 is 11.9 Å². The maximum absolute atomic E-state index is 11.8. The molecule has 3 heterocycles. The molecule has 5 rings (SSSR count). The van der Waals surface area contributed by atoms with Crippen molar-refractivity contribution in [1.29, 1.82) is 0 Å². The van der Waals surface area contributed by atoms with Crippen molar-refractivity contribution in [3.8, 4) is 39.8 Å². The van der Waals surface area contributed by atoms with Crippen molar-refractivity contribution in [2.24, 2.45) is 5.14 Å². The number of carbonyl (C=O) groups is 1. The lowest BCUT2D eigenvalue weighted by Crippen LogP contribution is -1.96. The van der Waals surface area contributed by atoms with Crippen LogP contribution in [0.1, 0.15) is 15.9 Å². The molecule has 148 valence electrons. The van der Waals surface area contributed by atoms with Gasteiger partial charge in [-0.2, -0.15) is 0 Å². The van der Waals surface area contributed by atoms with Crippen LogP contribution in [0.5, 0.6) is 5.75 Å². The Bertz CT molecular complexity index is 1220. The molecule has 0 aliphatic carbocycles. The number of carbonyl (C=O) groups excluding carboxylic acids is 1. The van der Waals surface area contributed by atoms with E-state index in [-0.39, 0.29) is 5.12 Å². The zero-order valence-electron chi connectivity index (χ0n) is 16.0. The number of ether oxygens (including phenoxy) is 1. The zero-order valence-corrected chi connectivity index (χ0v) is 16.8. The number of fused-ring (bicyclic) bond motifs is 1. The highest BCUT2D eigenvalue weighted by Gasteiger charge is 2.19. The second-order valence-electron chi connectivity index (χ2n) is 6.93. The number of benzene rings is 2. The summed E-state index contributed by atoms with van der Waals surface area (Å²) >= 11 is 0.708. The average Bonchev–Trinajstić information content (AvgIpc) is 3.46. The monoisotopic (exact) mass is 414 g/mol. The number of rotatable bonds is 4. The zero-order chi connectivity index (χ0) is 20.5. The van der Waals surface area contributed by atoms with Gasteiger partial charge >= 0.3 is 0 Å². The second-order valence-corrected chi connectivity index (χ2v) is 7.53. The van der Waals surface area contributed by atoms with Gasteiger partial charge < -0.3 is 9.72 Å². The van der Waals surface area contributed by atoms with E-state index in [1.165, 1.54) is 5.56 Å². The predicted molar refractivity (Wildman–Crippen MR) is 118 cm³/mol. The Hall–Kier alpha value is -3.42. The summed E-state index contributed by atoms with van der Waals surface area (Å²) in [6.45, 7) is 0.712. The lowest BCUT2D eigenvalue weighted by molar-refractivity contribution is 0.108. The normalized spacial score (nSPS) is 12.4. The summed E-state index contributed by atoms with van der Waals surface area (Å²) in [6.07, 6.45) is 2.69. The van der Waals surface area contributed by atoms with Crippen molar-refractivity contribution in [1.82, 2.24) is 15.0 Å². The van der Waals surface area contributed by atoms with E-state index in [1.807, 2.05) is 36.4 Å². The lowest BCUT2D eigenvalue weighted by atomic mass is 10.0. The molecule has 0 spiro atoms. The largest absolute Gasteiger partial charge is 0.493 e. The Morgan fingerprint density at radius 2 is 1.90 bits per heavy atom. The van der Waals surface area contributed by atoms with Crippen LogP contribution in [0.2, 0.25) is 0 Å². The first kappa shape index (κ1) is 18.6. The lowest BCUT2D eigenvalue weighted by Gasteiger charge is -2.05. The molecule has 1 aliphatic rings. The summed E-state index contributed by atoms with van der Waals surface area (Å²) in [6, 6.07) is 19.2. The third-order valence-corrected chi connectivity index (χ3v) is 5.55. The van der Waals surface area contributed by atoms with E-state index in [9.17, 15) is 4.79 Å². The van der Waals surface area contributed by atoms with E-state index in [0.29, 0.717) is 29.9 Å². The summed E-state index contributed by atoms with van der Waals surface area (Å²) in [5.74, 6) is 1.61. The smallest absolute Gasteiger partial charge is 0.233 e. The fourth-order valence-corrected chi connectivity index (χ4v) is 3.83. The minimum atomic E-state index is -0.172. The molecule has 2 aromatic heterocycles. The maximum Gasteiger partial charge on any atom is 0.233 e. The van der Waals surface area contributed by atoms with Crippen LogP contribution in [0.4, 0.5) is 0 Å². The topological polar surface area (TPSA) is 93.9 Å². The standard InChI is InChI=1S/C23H18N4O2S/c24-30-23(28)16-7-5-15(6-8-16)22-26-20(21(27-22)18-3-1-2-11-25-18)17-9-4-14-10-12-29-19(14)13-17/h1-9,11,13H,10,12,24H2,(H,26,27). The van der Waals surface area contributed by atoms with E-state index in [0.717, 1.165) is 40.4 Å². The van der Waals surface area contributed by atoms with Crippen molar-refractivity contribution < 1.29 is 9.53 Å². The molecule has 4 aromatic rings. The maximum atomic E-state index is 11.8. The fourth-order valence-electron chi connectivity index (χ4n) is 3.56. The molecule has 0 bridgehead atoms. The average molecular weight is 414 g/mol. The number of hydrogen-bond donors (Lipinski definition) is 2. The Balaban J connectivity index is 1.61. The quantitative estimate of drug-likeness (QED) is 0.478. The molecule has 0 unspecified atom stereocenters. The summed E-state index contributed by atoms with van der Waals surface area (Å²) in [4.78, 5) is 24.6. The summed E-state index contributed by atoms with van der Waals surface area (Å²) in [5.41, 5.74) is 6.05. The van der Waals surface area contributed by atoms with Gasteiger partial charge in [-0.05, 0) is 47.8 Å². The highest BCUT2D eigenvalue weighted by atomic mass is 32.2. The van der Waals surface area contributed by atoms with Gasteiger partial charge in [0.2, 0.25) is 5.12 Å². The Kier molecular flexibility index (Phi) is 4.82. The van der Waals surface area contributed by atoms with E-state index in [4.69, 9.17) is 14.9 Å². The molecule has 1 aliphatic heterocycles. The number of nitrogens with zero attached hydrogens (tertiary/aromatic N) is 2. The number of aromatic amines is 1. The Morgan fingerprint density at radius 3 is 2.67 bits per heavy atom. The molecule has 0 saturated carbocycles. The van der Waals surface area contributed by atoms with Crippen LogP contribution in [0.25, 0.3) is 34.0 Å². The number of hydrogen-bond acceptors (Lipinski definition) is 6. The van der Waals surface area contributed by atoms with Crippen LogP contribution < -0.4 is 9.88 Å². The van der Waals surface area contributed by atoms with Gasteiger partial charge in [0.25, 0.3) is 0 Å². The van der Waals surface area contributed by atoms with E-state index < -0.39 is 0 Å². The van der Waals surface area contributed by atoms with Gasteiger partial charge in [-0.15, -0.1) is 0 Å². The Morgan fingerprint density at radius 1 is 1.07 bits per heavy atom. The van der Waals surface area contributed by atoms with Crippen molar-refractivity contribution in [2.45, 2.75) is 6.42 Å². The van der Waals surface area contributed by atoms with Gasteiger partial charge in [0.05, 0.1) is 23.7 Å². The van der Waals surface area contributed by atoms with Gasteiger partial charge in [-0.25, -0.2) is 4.98 Å². The van der Waals surface area contributed by atoms with Gasteiger partial charge in [-0.3, -0.25) is 14.9 Å². The first-order chi connectivity index (χ1) is 14.7. The fraction of sp³-hybridized carbons (Fsp3) is 0.0870. The SMILES string of the molecule is NSC(=O)c1ccc(-c2nc(-c3ccc4c(c3)OCC4)c(-c3ccccn3)[nH]2)cc1. The molecular weight excluding hydrogens is 396 g/mol.